The highest BCUT2D eigenvalue weighted by atomic mass is 32.2. The van der Waals surface area contributed by atoms with Gasteiger partial charge in [-0.1, -0.05) is 121 Å². The second-order valence-electron chi connectivity index (χ2n) is 8.80. The van der Waals surface area contributed by atoms with E-state index in [1.807, 2.05) is 97.1 Å². The SMILES string of the molecule is CCOC(=O)C1S[C@](C(=O)c2ccccc2)(c2ccccc2)[C@](C(=O)c2ccccc2)(c2ccccc2)S1. The highest BCUT2D eigenvalue weighted by Crippen LogP contribution is 2.70. The van der Waals surface area contributed by atoms with Crippen LogP contribution >= 0.6 is 23.5 Å². The largest absolute Gasteiger partial charge is 0.465 e. The van der Waals surface area contributed by atoms with Gasteiger partial charge in [0.25, 0.3) is 0 Å². The standard InChI is InChI=1S/C32H26O4S2/c1-2-36-29(35)30-37-31(25-19-11-5-12-20-25,27(33)23-15-7-3-8-16-23)32(38-30,26-21-13-6-14-22-26)28(34)24-17-9-4-10-18-24/h3-22,30H,2H2,1H3/t30?,31-,32+. The highest BCUT2D eigenvalue weighted by molar-refractivity contribution is 8.23. The average molecular weight is 539 g/mol. The van der Waals surface area contributed by atoms with Crippen LogP contribution in [-0.2, 0) is 19.0 Å². The Balaban J connectivity index is 1.89. The maximum atomic E-state index is 14.9. The fraction of sp³-hybridized carbons (Fsp3) is 0.156. The first-order valence-electron chi connectivity index (χ1n) is 12.4. The molecule has 4 nitrogen and oxygen atoms in total. The first-order chi connectivity index (χ1) is 18.5. The molecule has 5 rings (SSSR count). The predicted molar refractivity (Wildman–Crippen MR) is 153 cm³/mol. The van der Waals surface area contributed by atoms with Gasteiger partial charge in [-0.25, -0.2) is 4.79 Å². The smallest absolute Gasteiger partial charge is 0.329 e. The van der Waals surface area contributed by atoms with Crippen LogP contribution in [0.2, 0.25) is 0 Å². The minimum atomic E-state index is -1.47. The van der Waals surface area contributed by atoms with Crippen LogP contribution in [0.25, 0.3) is 0 Å². The summed E-state index contributed by atoms with van der Waals surface area (Å²) >= 11 is 2.41. The van der Waals surface area contributed by atoms with Crippen molar-refractivity contribution in [3.63, 3.8) is 0 Å². The molecule has 0 amide bonds. The van der Waals surface area contributed by atoms with E-state index in [4.69, 9.17) is 4.74 Å². The van der Waals surface area contributed by atoms with Gasteiger partial charge in [0.1, 0.15) is 9.49 Å². The first-order valence-corrected chi connectivity index (χ1v) is 14.1. The number of ether oxygens (including phenoxy) is 1. The van der Waals surface area contributed by atoms with Crippen molar-refractivity contribution in [1.29, 1.82) is 0 Å². The molecule has 0 N–H and O–H groups in total. The molecule has 0 radical (unpaired) electrons. The van der Waals surface area contributed by atoms with E-state index in [0.29, 0.717) is 22.3 Å². The molecule has 38 heavy (non-hydrogen) atoms. The van der Waals surface area contributed by atoms with E-state index in [1.54, 1.807) is 31.2 Å². The van der Waals surface area contributed by atoms with Crippen molar-refractivity contribution in [1.82, 2.24) is 0 Å². The van der Waals surface area contributed by atoms with Gasteiger partial charge in [-0.2, -0.15) is 0 Å². The van der Waals surface area contributed by atoms with Crippen LogP contribution in [0.15, 0.2) is 121 Å². The van der Waals surface area contributed by atoms with Crippen molar-refractivity contribution in [2.24, 2.45) is 0 Å². The van der Waals surface area contributed by atoms with Crippen LogP contribution in [0.4, 0.5) is 0 Å². The number of hydrogen-bond acceptors (Lipinski definition) is 6. The Morgan fingerprint density at radius 1 is 0.605 bits per heavy atom. The molecule has 0 bridgehead atoms. The zero-order valence-electron chi connectivity index (χ0n) is 20.8. The lowest BCUT2D eigenvalue weighted by atomic mass is 9.71. The van der Waals surface area contributed by atoms with E-state index in [9.17, 15) is 14.4 Å². The Bertz CT molecular complexity index is 1320. The molecule has 0 spiro atoms. The van der Waals surface area contributed by atoms with Crippen molar-refractivity contribution in [3.05, 3.63) is 144 Å². The molecule has 1 fully saturated rings. The summed E-state index contributed by atoms with van der Waals surface area (Å²) in [5.74, 6) is -0.925. The molecule has 1 aliphatic heterocycles. The number of rotatable bonds is 8. The minimum absolute atomic E-state index is 0.201. The first kappa shape index (κ1) is 26.0. The molecular formula is C32H26O4S2. The van der Waals surface area contributed by atoms with E-state index in [0.717, 1.165) is 0 Å². The monoisotopic (exact) mass is 538 g/mol. The van der Waals surface area contributed by atoms with E-state index in [2.05, 4.69) is 0 Å². The Hall–Kier alpha value is -3.61. The lowest BCUT2D eigenvalue weighted by molar-refractivity contribution is -0.140. The van der Waals surface area contributed by atoms with Crippen molar-refractivity contribution in [2.45, 2.75) is 21.0 Å². The van der Waals surface area contributed by atoms with Crippen molar-refractivity contribution in [3.8, 4) is 0 Å². The summed E-state index contributed by atoms with van der Waals surface area (Å²) in [6.45, 7) is 1.95. The molecule has 1 unspecified atom stereocenters. The average Bonchev–Trinajstić information content (AvgIpc) is 3.37. The molecule has 6 heteroatoms. The maximum Gasteiger partial charge on any atom is 0.329 e. The van der Waals surface area contributed by atoms with Crippen LogP contribution in [0.1, 0.15) is 38.8 Å². The van der Waals surface area contributed by atoms with Gasteiger partial charge in [-0.15, -0.1) is 23.5 Å². The fourth-order valence-electron chi connectivity index (χ4n) is 4.98. The Labute approximate surface area is 230 Å². The van der Waals surface area contributed by atoms with Gasteiger partial charge in [0.2, 0.25) is 0 Å². The zero-order chi connectivity index (χ0) is 26.6. The second-order valence-corrected chi connectivity index (χ2v) is 11.7. The number of thioether (sulfide) groups is 2. The number of benzene rings is 4. The lowest BCUT2D eigenvalue weighted by Crippen LogP contribution is -2.52. The van der Waals surface area contributed by atoms with Gasteiger partial charge in [-0.05, 0) is 18.1 Å². The normalized spacial score (nSPS) is 22.5. The third-order valence-electron chi connectivity index (χ3n) is 6.61. The van der Waals surface area contributed by atoms with Crippen LogP contribution in [-0.4, -0.2) is 28.7 Å². The van der Waals surface area contributed by atoms with Crippen LogP contribution in [0.3, 0.4) is 0 Å². The minimum Gasteiger partial charge on any atom is -0.465 e. The molecule has 1 heterocycles. The van der Waals surface area contributed by atoms with Gasteiger partial charge >= 0.3 is 5.97 Å². The number of carbonyl (C=O) groups is 3. The molecule has 4 aromatic carbocycles. The third-order valence-corrected chi connectivity index (χ3v) is 10.3. The number of esters is 1. The third kappa shape index (κ3) is 4.28. The van der Waals surface area contributed by atoms with Gasteiger partial charge < -0.3 is 4.74 Å². The van der Waals surface area contributed by atoms with Gasteiger partial charge in [0.15, 0.2) is 16.1 Å². The second kappa shape index (κ2) is 11.0. The molecule has 0 aromatic heterocycles. The molecule has 1 saturated heterocycles. The molecular weight excluding hydrogens is 512 g/mol. The molecule has 1 aliphatic rings. The van der Waals surface area contributed by atoms with E-state index in [1.165, 1.54) is 23.5 Å². The van der Waals surface area contributed by atoms with Crippen molar-refractivity contribution < 1.29 is 19.1 Å². The Kier molecular flexibility index (Phi) is 7.54. The summed E-state index contributed by atoms with van der Waals surface area (Å²) in [6.07, 6.45) is 0. The molecule has 0 aliphatic carbocycles. The number of Topliss-reactive ketones (excluding diaryl/α,β-unsaturated/α-hetero) is 2. The summed E-state index contributed by atoms with van der Waals surface area (Å²) < 4.78 is 1.71. The summed E-state index contributed by atoms with van der Waals surface area (Å²) in [7, 11) is 0. The summed E-state index contributed by atoms with van der Waals surface area (Å²) in [4.78, 5) is 43.1. The van der Waals surface area contributed by atoms with Crippen LogP contribution in [0, 0.1) is 0 Å². The topological polar surface area (TPSA) is 60.4 Å². The Morgan fingerprint density at radius 2 is 0.947 bits per heavy atom. The van der Waals surface area contributed by atoms with E-state index in [-0.39, 0.29) is 18.2 Å². The lowest BCUT2D eigenvalue weighted by Gasteiger charge is -2.43. The van der Waals surface area contributed by atoms with E-state index >= 15 is 0 Å². The zero-order valence-corrected chi connectivity index (χ0v) is 22.4. The molecule has 0 saturated carbocycles. The summed E-state index contributed by atoms with van der Waals surface area (Å²) in [6, 6.07) is 36.7. The number of ketones is 2. The van der Waals surface area contributed by atoms with Crippen LogP contribution < -0.4 is 0 Å². The fourth-order valence-corrected chi connectivity index (χ4v) is 9.05. The van der Waals surface area contributed by atoms with Gasteiger partial charge in [0.05, 0.1) is 6.61 Å². The highest BCUT2D eigenvalue weighted by Gasteiger charge is 2.70. The quantitative estimate of drug-likeness (QED) is 0.179. The summed E-state index contributed by atoms with van der Waals surface area (Å²) in [5.41, 5.74) is 2.25. The molecule has 190 valence electrons. The maximum absolute atomic E-state index is 14.9. The number of carbonyl (C=O) groups excluding carboxylic acids is 3. The van der Waals surface area contributed by atoms with Gasteiger partial charge in [-0.3, -0.25) is 9.59 Å². The number of hydrogen-bond donors (Lipinski definition) is 0. The van der Waals surface area contributed by atoms with Crippen molar-refractivity contribution >= 4 is 41.1 Å². The van der Waals surface area contributed by atoms with Crippen LogP contribution in [0.5, 0.6) is 0 Å². The predicted octanol–water partition coefficient (Wildman–Crippen LogP) is 6.91. The Morgan fingerprint density at radius 3 is 1.29 bits per heavy atom. The van der Waals surface area contributed by atoms with Crippen molar-refractivity contribution in [2.75, 3.05) is 6.61 Å². The molecule has 3 atom stereocenters. The van der Waals surface area contributed by atoms with E-state index < -0.39 is 20.0 Å². The van der Waals surface area contributed by atoms with Gasteiger partial charge in [0, 0.05) is 11.1 Å². The molecule has 4 aromatic rings. The summed E-state index contributed by atoms with van der Waals surface area (Å²) in [5, 5.41) is 0.